The molecule has 0 radical (unpaired) electrons. The van der Waals surface area contributed by atoms with Gasteiger partial charge in [0.2, 0.25) is 5.91 Å². The van der Waals surface area contributed by atoms with Crippen molar-refractivity contribution in [3.63, 3.8) is 0 Å². The van der Waals surface area contributed by atoms with Crippen molar-refractivity contribution in [3.8, 4) is 0 Å². The maximum absolute atomic E-state index is 12.6. The zero-order valence-electron chi connectivity index (χ0n) is 15.6. The van der Waals surface area contributed by atoms with Gasteiger partial charge in [0.15, 0.2) is 0 Å². The predicted molar refractivity (Wildman–Crippen MR) is 106 cm³/mol. The van der Waals surface area contributed by atoms with E-state index in [2.05, 4.69) is 48.3 Å². The van der Waals surface area contributed by atoms with Crippen LogP contribution in [0.3, 0.4) is 0 Å². The summed E-state index contributed by atoms with van der Waals surface area (Å²) >= 11 is 0. The standard InChI is InChI=1S/C22H29N3O/c1-16(2)22(18-11-7-4-8-12-18)24-21(26)15-25-13-19(20(23)14-25)17-9-5-3-6-10-17/h3-12,16,19-20,22H,13-15,23H2,1-2H3,(H,24,26)/t19-,20+,22?/m0/s1. The van der Waals surface area contributed by atoms with Crippen LogP contribution in [0.15, 0.2) is 60.7 Å². The third kappa shape index (κ3) is 4.51. The summed E-state index contributed by atoms with van der Waals surface area (Å²) in [5.41, 5.74) is 8.75. The molecule has 3 atom stereocenters. The van der Waals surface area contributed by atoms with Crippen LogP contribution in [0.4, 0.5) is 0 Å². The molecule has 1 amide bonds. The lowest BCUT2D eigenvalue weighted by Gasteiger charge is -2.24. The van der Waals surface area contributed by atoms with Crippen molar-refractivity contribution in [2.45, 2.75) is 31.8 Å². The van der Waals surface area contributed by atoms with Gasteiger partial charge in [0, 0.05) is 25.0 Å². The molecule has 4 nitrogen and oxygen atoms in total. The molecule has 0 aliphatic carbocycles. The van der Waals surface area contributed by atoms with Crippen LogP contribution in [0.5, 0.6) is 0 Å². The monoisotopic (exact) mass is 351 g/mol. The highest BCUT2D eigenvalue weighted by Gasteiger charge is 2.32. The topological polar surface area (TPSA) is 58.4 Å². The molecule has 3 N–H and O–H groups in total. The number of hydrogen-bond acceptors (Lipinski definition) is 3. The van der Waals surface area contributed by atoms with Crippen LogP contribution >= 0.6 is 0 Å². The molecular formula is C22H29N3O. The number of carbonyl (C=O) groups is 1. The molecule has 1 fully saturated rings. The summed E-state index contributed by atoms with van der Waals surface area (Å²) in [7, 11) is 0. The van der Waals surface area contributed by atoms with Crippen LogP contribution in [0, 0.1) is 5.92 Å². The van der Waals surface area contributed by atoms with Crippen molar-refractivity contribution in [2.75, 3.05) is 19.6 Å². The van der Waals surface area contributed by atoms with E-state index in [0.717, 1.165) is 18.7 Å². The van der Waals surface area contributed by atoms with Crippen LogP contribution in [0.25, 0.3) is 0 Å². The molecule has 0 aromatic heterocycles. The van der Waals surface area contributed by atoms with E-state index in [1.807, 2.05) is 36.4 Å². The molecule has 0 spiro atoms. The van der Waals surface area contributed by atoms with Gasteiger partial charge >= 0.3 is 0 Å². The van der Waals surface area contributed by atoms with E-state index < -0.39 is 0 Å². The minimum Gasteiger partial charge on any atom is -0.348 e. The molecule has 1 saturated heterocycles. The largest absolute Gasteiger partial charge is 0.348 e. The maximum Gasteiger partial charge on any atom is 0.234 e. The Hall–Kier alpha value is -2.17. The molecule has 0 bridgehead atoms. The number of nitrogens with zero attached hydrogens (tertiary/aromatic N) is 1. The highest BCUT2D eigenvalue weighted by Crippen LogP contribution is 2.26. The van der Waals surface area contributed by atoms with Crippen LogP contribution < -0.4 is 11.1 Å². The summed E-state index contributed by atoms with van der Waals surface area (Å²) in [6.07, 6.45) is 0. The van der Waals surface area contributed by atoms with Gasteiger partial charge in [-0.25, -0.2) is 0 Å². The summed E-state index contributed by atoms with van der Waals surface area (Å²) in [5, 5.41) is 3.21. The van der Waals surface area contributed by atoms with Gasteiger partial charge in [0.05, 0.1) is 12.6 Å². The Morgan fingerprint density at radius 2 is 1.69 bits per heavy atom. The Bertz CT molecular complexity index is 702. The number of rotatable bonds is 6. The Labute approximate surface area is 156 Å². The van der Waals surface area contributed by atoms with Crippen molar-refractivity contribution in [1.82, 2.24) is 10.2 Å². The number of nitrogens with two attached hydrogens (primary N) is 1. The van der Waals surface area contributed by atoms with Gasteiger partial charge in [-0.2, -0.15) is 0 Å². The minimum absolute atomic E-state index is 0.0323. The second-order valence-corrected chi connectivity index (χ2v) is 7.57. The summed E-state index contributed by atoms with van der Waals surface area (Å²) in [6.45, 7) is 6.25. The van der Waals surface area contributed by atoms with Crippen LogP contribution in [0.2, 0.25) is 0 Å². The van der Waals surface area contributed by atoms with Gasteiger partial charge in [-0.3, -0.25) is 9.69 Å². The lowest BCUT2D eigenvalue weighted by molar-refractivity contribution is -0.123. The second kappa shape index (κ2) is 8.47. The summed E-state index contributed by atoms with van der Waals surface area (Å²) in [6, 6.07) is 20.6. The predicted octanol–water partition coefficient (Wildman–Crippen LogP) is 2.93. The van der Waals surface area contributed by atoms with E-state index in [9.17, 15) is 4.79 Å². The first-order valence-electron chi connectivity index (χ1n) is 9.41. The molecule has 1 aliphatic rings. The van der Waals surface area contributed by atoms with Crippen molar-refractivity contribution in [3.05, 3.63) is 71.8 Å². The van der Waals surface area contributed by atoms with E-state index in [1.54, 1.807) is 0 Å². The number of benzene rings is 2. The Balaban J connectivity index is 1.59. The Morgan fingerprint density at radius 3 is 2.31 bits per heavy atom. The fourth-order valence-corrected chi connectivity index (χ4v) is 3.81. The molecule has 4 heteroatoms. The number of nitrogens with one attached hydrogen (secondary N) is 1. The lowest BCUT2D eigenvalue weighted by atomic mass is 9.95. The first-order chi connectivity index (χ1) is 12.5. The number of amides is 1. The fourth-order valence-electron chi connectivity index (χ4n) is 3.81. The molecule has 2 aromatic carbocycles. The highest BCUT2D eigenvalue weighted by molar-refractivity contribution is 5.78. The summed E-state index contributed by atoms with van der Waals surface area (Å²) in [4.78, 5) is 14.8. The minimum atomic E-state index is 0.0323. The van der Waals surface area contributed by atoms with E-state index in [0.29, 0.717) is 18.4 Å². The molecule has 26 heavy (non-hydrogen) atoms. The fraction of sp³-hybridized carbons (Fsp3) is 0.409. The zero-order valence-corrected chi connectivity index (χ0v) is 15.6. The van der Waals surface area contributed by atoms with Gasteiger partial charge in [-0.15, -0.1) is 0 Å². The molecule has 1 unspecified atom stereocenters. The van der Waals surface area contributed by atoms with Crippen molar-refractivity contribution in [1.29, 1.82) is 0 Å². The van der Waals surface area contributed by atoms with Crippen molar-refractivity contribution < 1.29 is 4.79 Å². The quantitative estimate of drug-likeness (QED) is 0.841. The normalized spacial score (nSPS) is 21.7. The molecular weight excluding hydrogens is 322 g/mol. The average molecular weight is 351 g/mol. The summed E-state index contributed by atoms with van der Waals surface area (Å²) < 4.78 is 0. The molecule has 3 rings (SSSR count). The van der Waals surface area contributed by atoms with Crippen LogP contribution in [-0.2, 0) is 4.79 Å². The third-order valence-corrected chi connectivity index (χ3v) is 5.18. The van der Waals surface area contributed by atoms with Crippen molar-refractivity contribution >= 4 is 5.91 Å². The molecule has 0 saturated carbocycles. The van der Waals surface area contributed by atoms with Gasteiger partial charge in [-0.1, -0.05) is 74.5 Å². The van der Waals surface area contributed by atoms with E-state index in [-0.39, 0.29) is 18.0 Å². The Morgan fingerprint density at radius 1 is 1.08 bits per heavy atom. The maximum atomic E-state index is 12.6. The first kappa shape index (κ1) is 18.6. The molecule has 1 aliphatic heterocycles. The lowest BCUT2D eigenvalue weighted by Crippen LogP contribution is -2.40. The molecule has 138 valence electrons. The second-order valence-electron chi connectivity index (χ2n) is 7.57. The van der Waals surface area contributed by atoms with Gasteiger partial charge in [-0.05, 0) is 17.0 Å². The SMILES string of the molecule is CC(C)C(NC(=O)CN1C[C@@H](N)[C@H](c2ccccc2)C1)c1ccccc1. The van der Waals surface area contributed by atoms with Crippen molar-refractivity contribution in [2.24, 2.45) is 11.7 Å². The smallest absolute Gasteiger partial charge is 0.234 e. The van der Waals surface area contributed by atoms with Gasteiger partial charge in [0.1, 0.15) is 0 Å². The Kier molecular flexibility index (Phi) is 6.07. The van der Waals surface area contributed by atoms with E-state index >= 15 is 0 Å². The van der Waals surface area contributed by atoms with E-state index in [4.69, 9.17) is 5.73 Å². The van der Waals surface area contributed by atoms with Crippen LogP contribution in [-0.4, -0.2) is 36.5 Å². The third-order valence-electron chi connectivity index (χ3n) is 5.18. The average Bonchev–Trinajstić information content (AvgIpc) is 3.01. The van der Waals surface area contributed by atoms with Gasteiger partial charge < -0.3 is 11.1 Å². The van der Waals surface area contributed by atoms with Crippen LogP contribution in [0.1, 0.15) is 36.9 Å². The number of carbonyl (C=O) groups excluding carboxylic acids is 1. The molecule has 1 heterocycles. The number of likely N-dealkylation sites (tertiary alicyclic amines) is 1. The van der Waals surface area contributed by atoms with E-state index in [1.165, 1.54) is 5.56 Å². The summed E-state index contributed by atoms with van der Waals surface area (Å²) in [5.74, 6) is 0.687. The zero-order chi connectivity index (χ0) is 18.5. The first-order valence-corrected chi connectivity index (χ1v) is 9.41. The van der Waals surface area contributed by atoms with Gasteiger partial charge in [0.25, 0.3) is 0 Å². The number of hydrogen-bond donors (Lipinski definition) is 2. The molecule has 2 aromatic rings. The highest BCUT2D eigenvalue weighted by atomic mass is 16.2.